The zero-order valence-corrected chi connectivity index (χ0v) is 16.2. The molecule has 1 heterocycles. The van der Waals surface area contributed by atoms with Crippen molar-refractivity contribution in [1.82, 2.24) is 5.32 Å². The van der Waals surface area contributed by atoms with Crippen LogP contribution in [0.5, 0.6) is 11.5 Å². The van der Waals surface area contributed by atoms with Gasteiger partial charge < -0.3 is 20.0 Å². The van der Waals surface area contributed by atoms with Gasteiger partial charge >= 0.3 is 0 Å². The van der Waals surface area contributed by atoms with Gasteiger partial charge in [-0.2, -0.15) is 4.89 Å². The summed E-state index contributed by atoms with van der Waals surface area (Å²) in [5.41, 5.74) is 4.13. The number of rotatable bonds is 9. The highest BCUT2D eigenvalue weighted by molar-refractivity contribution is 5.38. The zero-order valence-electron chi connectivity index (χ0n) is 16.2. The molecule has 0 radical (unpaired) electrons. The Morgan fingerprint density at radius 1 is 0.966 bits per heavy atom. The van der Waals surface area contributed by atoms with Crippen molar-refractivity contribution < 1.29 is 19.6 Å². The van der Waals surface area contributed by atoms with E-state index < -0.39 is 6.10 Å². The van der Waals surface area contributed by atoms with Crippen LogP contribution in [0.4, 0.5) is 0 Å². The third kappa shape index (κ3) is 5.15. The standard InChI is InChI=1S/C24H25NO4/c26-22(15-25-13-12-18-10-11-20-17-28-29-24(20)14-18)21-8-4-5-9-23(21)27-16-19-6-2-1-3-7-19/h1-11,14,22,25-26H,12-13,15-17H2. The highest BCUT2D eigenvalue weighted by Gasteiger charge is 2.15. The molecule has 4 rings (SSSR count). The highest BCUT2D eigenvalue weighted by Crippen LogP contribution is 2.27. The largest absolute Gasteiger partial charge is 0.489 e. The fraction of sp³-hybridized carbons (Fsp3) is 0.250. The molecule has 0 saturated carbocycles. The Balaban J connectivity index is 1.27. The maximum Gasteiger partial charge on any atom is 0.171 e. The van der Waals surface area contributed by atoms with Crippen LogP contribution in [0, 0.1) is 0 Å². The lowest BCUT2D eigenvalue weighted by molar-refractivity contribution is -0.194. The average Bonchev–Trinajstić information content (AvgIpc) is 3.24. The number of para-hydroxylation sites is 1. The van der Waals surface area contributed by atoms with Gasteiger partial charge in [0, 0.05) is 17.7 Å². The lowest BCUT2D eigenvalue weighted by Crippen LogP contribution is -2.24. The van der Waals surface area contributed by atoms with Gasteiger partial charge in [-0.15, -0.1) is 0 Å². The lowest BCUT2D eigenvalue weighted by atomic mass is 10.1. The smallest absolute Gasteiger partial charge is 0.171 e. The molecule has 1 atom stereocenters. The first-order valence-electron chi connectivity index (χ1n) is 9.85. The van der Waals surface area contributed by atoms with Crippen molar-refractivity contribution in [2.45, 2.75) is 25.7 Å². The summed E-state index contributed by atoms with van der Waals surface area (Å²) in [5, 5.41) is 14.0. The van der Waals surface area contributed by atoms with E-state index in [1.54, 1.807) is 0 Å². The number of hydrogen-bond donors (Lipinski definition) is 2. The summed E-state index contributed by atoms with van der Waals surface area (Å²) in [4.78, 5) is 10.1. The predicted octanol–water partition coefficient (Wildman–Crippen LogP) is 3.96. The van der Waals surface area contributed by atoms with Gasteiger partial charge in [-0.05, 0) is 36.2 Å². The molecule has 0 aliphatic carbocycles. The zero-order chi connectivity index (χ0) is 19.9. The maximum absolute atomic E-state index is 10.6. The van der Waals surface area contributed by atoms with Crippen molar-refractivity contribution in [2.75, 3.05) is 13.1 Å². The van der Waals surface area contributed by atoms with Gasteiger partial charge in [0.25, 0.3) is 0 Å². The second kappa shape index (κ2) is 9.56. The second-order valence-corrected chi connectivity index (χ2v) is 7.07. The summed E-state index contributed by atoms with van der Waals surface area (Å²) >= 11 is 0. The Morgan fingerprint density at radius 3 is 2.69 bits per heavy atom. The molecule has 0 saturated heterocycles. The molecule has 5 heteroatoms. The molecule has 0 aromatic heterocycles. The normalized spacial score (nSPS) is 13.6. The monoisotopic (exact) mass is 391 g/mol. The average molecular weight is 391 g/mol. The summed E-state index contributed by atoms with van der Waals surface area (Å²) in [6, 6.07) is 23.8. The lowest BCUT2D eigenvalue weighted by Gasteiger charge is -2.17. The number of benzene rings is 3. The Bertz CT molecular complexity index is 929. The van der Waals surface area contributed by atoms with E-state index in [2.05, 4.69) is 11.4 Å². The van der Waals surface area contributed by atoms with Gasteiger partial charge in [0.2, 0.25) is 0 Å². The van der Waals surface area contributed by atoms with Gasteiger partial charge in [-0.3, -0.25) is 0 Å². The first kappa shape index (κ1) is 19.5. The van der Waals surface area contributed by atoms with Crippen molar-refractivity contribution in [3.63, 3.8) is 0 Å². The van der Waals surface area contributed by atoms with Gasteiger partial charge in [0.05, 0.1) is 6.10 Å². The van der Waals surface area contributed by atoms with Crippen LogP contribution in [0.2, 0.25) is 0 Å². The number of ether oxygens (including phenoxy) is 1. The minimum absolute atomic E-state index is 0.455. The van der Waals surface area contributed by atoms with E-state index in [1.807, 2.05) is 66.7 Å². The summed E-state index contributed by atoms with van der Waals surface area (Å²) in [7, 11) is 0. The maximum atomic E-state index is 10.6. The number of aliphatic hydroxyl groups is 1. The van der Waals surface area contributed by atoms with E-state index in [-0.39, 0.29) is 0 Å². The van der Waals surface area contributed by atoms with E-state index in [0.29, 0.717) is 25.5 Å². The van der Waals surface area contributed by atoms with Gasteiger partial charge in [0.1, 0.15) is 19.0 Å². The van der Waals surface area contributed by atoms with Gasteiger partial charge in [-0.25, -0.2) is 0 Å². The first-order valence-corrected chi connectivity index (χ1v) is 9.85. The summed E-state index contributed by atoms with van der Waals surface area (Å²) < 4.78 is 5.95. The molecule has 2 N–H and O–H groups in total. The predicted molar refractivity (Wildman–Crippen MR) is 111 cm³/mol. The fourth-order valence-electron chi connectivity index (χ4n) is 3.31. The second-order valence-electron chi connectivity index (χ2n) is 7.07. The molecule has 3 aromatic rings. The Hall–Kier alpha value is -2.86. The van der Waals surface area contributed by atoms with Crippen molar-refractivity contribution in [3.05, 3.63) is 95.1 Å². The third-order valence-corrected chi connectivity index (χ3v) is 4.94. The molecular weight excluding hydrogens is 366 g/mol. The van der Waals surface area contributed by atoms with Crippen LogP contribution in [-0.2, 0) is 24.5 Å². The number of fused-ring (bicyclic) bond motifs is 1. The van der Waals surface area contributed by atoms with Crippen LogP contribution < -0.4 is 14.9 Å². The Labute approximate surface area is 170 Å². The number of aliphatic hydroxyl groups excluding tert-OH is 1. The molecule has 150 valence electrons. The van der Waals surface area contributed by atoms with Crippen molar-refractivity contribution in [1.29, 1.82) is 0 Å². The van der Waals surface area contributed by atoms with Crippen LogP contribution in [0.25, 0.3) is 0 Å². The molecule has 0 bridgehead atoms. The van der Waals surface area contributed by atoms with Crippen LogP contribution in [-0.4, -0.2) is 18.2 Å². The Kier molecular flexibility index (Phi) is 6.42. The third-order valence-electron chi connectivity index (χ3n) is 4.94. The van der Waals surface area contributed by atoms with E-state index in [9.17, 15) is 5.11 Å². The number of nitrogens with one attached hydrogen (secondary N) is 1. The molecule has 1 aliphatic rings. The van der Waals surface area contributed by atoms with Crippen molar-refractivity contribution in [3.8, 4) is 11.5 Å². The SMILES string of the molecule is OC(CNCCc1ccc2c(c1)OOC2)c1ccccc1OCc1ccccc1. The fourth-order valence-corrected chi connectivity index (χ4v) is 3.31. The molecule has 0 fully saturated rings. The van der Waals surface area contributed by atoms with E-state index >= 15 is 0 Å². The summed E-state index contributed by atoms with van der Waals surface area (Å²) in [6.07, 6.45) is 0.203. The van der Waals surface area contributed by atoms with Crippen LogP contribution in [0.1, 0.15) is 28.4 Å². The summed E-state index contributed by atoms with van der Waals surface area (Å²) in [5.74, 6) is 1.51. The van der Waals surface area contributed by atoms with Crippen LogP contribution in [0.15, 0.2) is 72.8 Å². The molecule has 29 heavy (non-hydrogen) atoms. The molecular formula is C24H25NO4. The molecule has 0 amide bonds. The van der Waals surface area contributed by atoms with Crippen LogP contribution in [0.3, 0.4) is 0 Å². The molecule has 5 nitrogen and oxygen atoms in total. The minimum atomic E-state index is -0.640. The van der Waals surface area contributed by atoms with E-state index in [4.69, 9.17) is 14.5 Å². The van der Waals surface area contributed by atoms with E-state index in [1.165, 1.54) is 5.56 Å². The summed E-state index contributed by atoms with van der Waals surface area (Å²) in [6.45, 7) is 2.19. The van der Waals surface area contributed by atoms with E-state index in [0.717, 1.165) is 35.4 Å². The molecule has 1 aliphatic heterocycles. The number of hydrogen-bond acceptors (Lipinski definition) is 5. The molecule has 0 spiro atoms. The van der Waals surface area contributed by atoms with Gasteiger partial charge in [0.15, 0.2) is 5.75 Å². The molecule has 3 aromatic carbocycles. The molecule has 1 unspecified atom stereocenters. The van der Waals surface area contributed by atoms with Gasteiger partial charge in [-0.1, -0.05) is 60.7 Å². The highest BCUT2D eigenvalue weighted by atomic mass is 17.2. The van der Waals surface area contributed by atoms with Crippen LogP contribution >= 0.6 is 0 Å². The topological polar surface area (TPSA) is 60.0 Å². The first-order chi connectivity index (χ1) is 14.3. The van der Waals surface area contributed by atoms with Crippen molar-refractivity contribution in [2.24, 2.45) is 0 Å². The Morgan fingerprint density at radius 2 is 1.79 bits per heavy atom. The minimum Gasteiger partial charge on any atom is -0.489 e. The van der Waals surface area contributed by atoms with Crippen molar-refractivity contribution >= 4 is 0 Å². The quantitative estimate of drug-likeness (QED) is 0.427.